The van der Waals surface area contributed by atoms with Crippen LogP contribution in [0.5, 0.6) is 0 Å². The van der Waals surface area contributed by atoms with Crippen molar-refractivity contribution in [1.29, 1.82) is 5.26 Å². The third-order valence-electron chi connectivity index (χ3n) is 4.42. The number of nitrogens with two attached hydrogens (primary N) is 1. The highest BCUT2D eigenvalue weighted by Crippen LogP contribution is 2.22. The zero-order chi connectivity index (χ0) is 18.0. The second kappa shape index (κ2) is 6.66. The number of aromatic nitrogens is 1. The minimum atomic E-state index is -0.282. The number of hydrogen-bond acceptors (Lipinski definition) is 3. The molecule has 0 aliphatic carbocycles. The van der Waals surface area contributed by atoms with Crippen molar-refractivity contribution in [1.82, 2.24) is 4.57 Å². The van der Waals surface area contributed by atoms with Gasteiger partial charge in [0.05, 0.1) is 12.2 Å². The van der Waals surface area contributed by atoms with Gasteiger partial charge in [0.15, 0.2) is 0 Å². The SMILES string of the molecule is Cc1ccc(-c2ccc(C#N)c(=O)n2Cc2ccc(N)cc2)cc1C. The lowest BCUT2D eigenvalue weighted by Crippen LogP contribution is -2.24. The number of benzene rings is 2. The van der Waals surface area contributed by atoms with Crippen molar-refractivity contribution in [3.05, 3.63) is 87.2 Å². The summed E-state index contributed by atoms with van der Waals surface area (Å²) in [5.41, 5.74) is 11.3. The molecule has 4 heteroatoms. The van der Waals surface area contributed by atoms with Gasteiger partial charge in [-0.15, -0.1) is 0 Å². The van der Waals surface area contributed by atoms with Gasteiger partial charge in [0.2, 0.25) is 0 Å². The Balaban J connectivity index is 2.16. The van der Waals surface area contributed by atoms with Crippen molar-refractivity contribution >= 4 is 5.69 Å². The summed E-state index contributed by atoms with van der Waals surface area (Å²) in [7, 11) is 0. The van der Waals surface area contributed by atoms with Gasteiger partial charge in [-0.25, -0.2) is 0 Å². The predicted molar refractivity (Wildman–Crippen MR) is 100 cm³/mol. The van der Waals surface area contributed by atoms with Gasteiger partial charge in [0.1, 0.15) is 11.6 Å². The first kappa shape index (κ1) is 16.5. The maximum Gasteiger partial charge on any atom is 0.269 e. The van der Waals surface area contributed by atoms with Gasteiger partial charge in [0.25, 0.3) is 5.56 Å². The van der Waals surface area contributed by atoms with E-state index in [9.17, 15) is 10.1 Å². The van der Waals surface area contributed by atoms with Gasteiger partial charge < -0.3 is 10.3 Å². The third kappa shape index (κ3) is 3.31. The Kier molecular flexibility index (Phi) is 4.40. The summed E-state index contributed by atoms with van der Waals surface area (Å²) in [5, 5.41) is 9.21. The van der Waals surface area contributed by atoms with Crippen LogP contribution in [0.1, 0.15) is 22.3 Å². The Morgan fingerprint density at radius 2 is 1.72 bits per heavy atom. The quantitative estimate of drug-likeness (QED) is 0.746. The van der Waals surface area contributed by atoms with Crippen molar-refractivity contribution in [2.24, 2.45) is 0 Å². The first-order valence-electron chi connectivity index (χ1n) is 8.05. The lowest BCUT2D eigenvalue weighted by atomic mass is 10.0. The van der Waals surface area contributed by atoms with E-state index >= 15 is 0 Å². The van der Waals surface area contributed by atoms with Crippen molar-refractivity contribution in [2.75, 3.05) is 5.73 Å². The molecular weight excluding hydrogens is 310 g/mol. The molecule has 0 radical (unpaired) electrons. The number of aryl methyl sites for hydroxylation is 2. The Hall–Kier alpha value is -3.32. The summed E-state index contributed by atoms with van der Waals surface area (Å²) < 4.78 is 1.65. The van der Waals surface area contributed by atoms with E-state index in [0.717, 1.165) is 22.4 Å². The fraction of sp³-hybridized carbons (Fsp3) is 0.143. The normalized spacial score (nSPS) is 10.4. The first-order valence-corrected chi connectivity index (χ1v) is 8.05. The minimum absolute atomic E-state index is 0.142. The molecule has 1 heterocycles. The molecule has 0 atom stereocenters. The molecule has 124 valence electrons. The molecule has 0 bridgehead atoms. The minimum Gasteiger partial charge on any atom is -0.399 e. The third-order valence-corrected chi connectivity index (χ3v) is 4.42. The number of nitrogen functional groups attached to an aromatic ring is 1. The van der Waals surface area contributed by atoms with Crippen LogP contribution in [0.4, 0.5) is 5.69 Å². The van der Waals surface area contributed by atoms with Crippen LogP contribution in [-0.2, 0) is 6.54 Å². The number of pyridine rings is 1. The van der Waals surface area contributed by atoms with Crippen LogP contribution in [0.3, 0.4) is 0 Å². The summed E-state index contributed by atoms with van der Waals surface area (Å²) in [4.78, 5) is 12.7. The van der Waals surface area contributed by atoms with E-state index in [1.165, 1.54) is 5.56 Å². The molecule has 0 spiro atoms. The monoisotopic (exact) mass is 329 g/mol. The summed E-state index contributed by atoms with van der Waals surface area (Å²) in [6.45, 7) is 4.49. The van der Waals surface area contributed by atoms with Gasteiger partial charge in [-0.1, -0.05) is 24.3 Å². The molecule has 0 aliphatic rings. The molecule has 2 N–H and O–H groups in total. The van der Waals surface area contributed by atoms with Crippen LogP contribution in [-0.4, -0.2) is 4.57 Å². The van der Waals surface area contributed by atoms with E-state index < -0.39 is 0 Å². The van der Waals surface area contributed by atoms with Crippen LogP contribution in [0, 0.1) is 25.2 Å². The van der Waals surface area contributed by atoms with Crippen molar-refractivity contribution in [2.45, 2.75) is 20.4 Å². The molecule has 0 saturated carbocycles. The molecule has 3 rings (SSSR count). The molecule has 0 amide bonds. The van der Waals surface area contributed by atoms with Crippen LogP contribution < -0.4 is 11.3 Å². The summed E-state index contributed by atoms with van der Waals surface area (Å²) in [5.74, 6) is 0. The maximum absolute atomic E-state index is 12.7. The van der Waals surface area contributed by atoms with Crippen molar-refractivity contribution in [3.63, 3.8) is 0 Å². The van der Waals surface area contributed by atoms with Crippen LogP contribution in [0.2, 0.25) is 0 Å². The predicted octanol–water partition coefficient (Wildman–Crippen LogP) is 3.63. The van der Waals surface area contributed by atoms with Crippen molar-refractivity contribution < 1.29 is 0 Å². The lowest BCUT2D eigenvalue weighted by Gasteiger charge is -2.15. The smallest absolute Gasteiger partial charge is 0.269 e. The molecule has 4 nitrogen and oxygen atoms in total. The summed E-state index contributed by atoms with van der Waals surface area (Å²) in [6, 6.07) is 18.9. The molecule has 1 aromatic heterocycles. The number of rotatable bonds is 3. The maximum atomic E-state index is 12.7. The molecule has 25 heavy (non-hydrogen) atoms. The molecule has 0 unspecified atom stereocenters. The molecule has 0 fully saturated rings. The fourth-order valence-electron chi connectivity index (χ4n) is 2.78. The average Bonchev–Trinajstić information content (AvgIpc) is 2.61. The van der Waals surface area contributed by atoms with Crippen LogP contribution in [0.15, 0.2) is 59.4 Å². The molecule has 2 aromatic carbocycles. The first-order chi connectivity index (χ1) is 12.0. The topological polar surface area (TPSA) is 71.8 Å². The van der Waals surface area contributed by atoms with Gasteiger partial charge in [-0.3, -0.25) is 4.79 Å². The summed E-state index contributed by atoms with van der Waals surface area (Å²) >= 11 is 0. The van der Waals surface area contributed by atoms with Gasteiger partial charge in [-0.05, 0) is 66.4 Å². The highest BCUT2D eigenvalue weighted by Gasteiger charge is 2.11. The highest BCUT2D eigenvalue weighted by atomic mass is 16.1. The molecule has 0 saturated heterocycles. The van der Waals surface area contributed by atoms with E-state index in [-0.39, 0.29) is 11.1 Å². The van der Waals surface area contributed by atoms with Gasteiger partial charge in [0, 0.05) is 5.69 Å². The number of nitrogens with zero attached hydrogens (tertiary/aromatic N) is 2. The standard InChI is InChI=1S/C21H19N3O/c1-14-3-6-17(11-15(14)2)20-10-7-18(12-22)21(25)24(20)13-16-4-8-19(23)9-5-16/h3-11H,13,23H2,1-2H3. The van der Waals surface area contributed by atoms with Crippen LogP contribution in [0.25, 0.3) is 11.3 Å². The van der Waals surface area contributed by atoms with E-state index in [1.807, 2.05) is 55.5 Å². The number of anilines is 1. The fourth-order valence-corrected chi connectivity index (χ4v) is 2.78. The largest absolute Gasteiger partial charge is 0.399 e. The van der Waals surface area contributed by atoms with E-state index in [1.54, 1.807) is 10.6 Å². The van der Waals surface area contributed by atoms with Gasteiger partial charge >= 0.3 is 0 Å². The Labute approximate surface area is 146 Å². The summed E-state index contributed by atoms with van der Waals surface area (Å²) in [6.07, 6.45) is 0. The Bertz CT molecular complexity index is 1020. The zero-order valence-electron chi connectivity index (χ0n) is 14.3. The second-order valence-corrected chi connectivity index (χ2v) is 6.18. The van der Waals surface area contributed by atoms with E-state index in [4.69, 9.17) is 5.73 Å². The van der Waals surface area contributed by atoms with E-state index in [0.29, 0.717) is 12.2 Å². The highest BCUT2D eigenvalue weighted by molar-refractivity contribution is 5.62. The lowest BCUT2D eigenvalue weighted by molar-refractivity contribution is 0.765. The molecular formula is C21H19N3O. The molecule has 0 aliphatic heterocycles. The Morgan fingerprint density at radius 1 is 1.00 bits per heavy atom. The molecule has 3 aromatic rings. The van der Waals surface area contributed by atoms with Crippen LogP contribution >= 0.6 is 0 Å². The second-order valence-electron chi connectivity index (χ2n) is 6.18. The number of hydrogen-bond donors (Lipinski definition) is 1. The van der Waals surface area contributed by atoms with Crippen molar-refractivity contribution in [3.8, 4) is 17.3 Å². The number of nitriles is 1. The van der Waals surface area contributed by atoms with E-state index in [2.05, 4.69) is 13.0 Å². The average molecular weight is 329 g/mol. The zero-order valence-corrected chi connectivity index (χ0v) is 14.3. The van der Waals surface area contributed by atoms with Gasteiger partial charge in [-0.2, -0.15) is 5.26 Å². The Morgan fingerprint density at radius 3 is 2.36 bits per heavy atom.